The Morgan fingerprint density at radius 3 is 0.797 bits per heavy atom. The van der Waals surface area contributed by atoms with Crippen LogP contribution in [0, 0.1) is 0 Å². The van der Waals surface area contributed by atoms with E-state index in [4.69, 9.17) is 14.2 Å². The highest BCUT2D eigenvalue weighted by Crippen LogP contribution is 2.18. The summed E-state index contributed by atoms with van der Waals surface area (Å²) in [4.78, 5) is 37.8. The first-order chi connectivity index (χ1) is 34.0. The number of carbonyl (C=O) groups excluding carboxylic acids is 3. The van der Waals surface area contributed by atoms with Crippen molar-refractivity contribution in [1.29, 1.82) is 0 Å². The second-order valence-corrected chi connectivity index (χ2v) is 21.0. The third-order valence-corrected chi connectivity index (χ3v) is 14.0. The molecule has 406 valence electrons. The number of ether oxygens (including phenoxy) is 3. The summed E-state index contributed by atoms with van der Waals surface area (Å²) >= 11 is 0. The molecular formula is C63H118O6. The first kappa shape index (κ1) is 66.9. The molecule has 0 spiro atoms. The third-order valence-electron chi connectivity index (χ3n) is 14.0. The molecule has 69 heavy (non-hydrogen) atoms. The summed E-state index contributed by atoms with van der Waals surface area (Å²) in [7, 11) is 0. The fourth-order valence-corrected chi connectivity index (χ4v) is 9.30. The van der Waals surface area contributed by atoms with Crippen LogP contribution in [0.2, 0.25) is 0 Å². The standard InChI is InChI=1S/C63H118O6/c1-4-7-10-13-16-18-20-21-22-23-24-25-26-27-28-29-30-31-32-33-34-35-36-37-38-39-40-41-43-44-47-50-53-56-62(65)68-59-60(58-67-61(64)55-52-49-46-15-12-9-6-3)69-63(66)57-54-51-48-45-42-19-17-14-11-8-5-2/h20-21,23-24,60H,4-19,22,25-59H2,1-3H3/b21-20-,24-23-. The highest BCUT2D eigenvalue weighted by atomic mass is 16.6. The molecule has 6 nitrogen and oxygen atoms in total. The van der Waals surface area contributed by atoms with E-state index < -0.39 is 6.10 Å². The van der Waals surface area contributed by atoms with E-state index in [1.165, 1.54) is 238 Å². The minimum atomic E-state index is -0.761. The van der Waals surface area contributed by atoms with Gasteiger partial charge in [0.15, 0.2) is 6.10 Å². The minimum absolute atomic E-state index is 0.0647. The van der Waals surface area contributed by atoms with Crippen LogP contribution in [-0.2, 0) is 28.6 Å². The van der Waals surface area contributed by atoms with Gasteiger partial charge in [-0.15, -0.1) is 0 Å². The van der Waals surface area contributed by atoms with Crippen molar-refractivity contribution in [3.05, 3.63) is 24.3 Å². The van der Waals surface area contributed by atoms with Gasteiger partial charge in [0.25, 0.3) is 0 Å². The molecule has 0 radical (unpaired) electrons. The molecule has 0 bridgehead atoms. The van der Waals surface area contributed by atoms with Crippen LogP contribution in [0.25, 0.3) is 0 Å². The topological polar surface area (TPSA) is 78.9 Å². The largest absolute Gasteiger partial charge is 0.462 e. The van der Waals surface area contributed by atoms with Crippen molar-refractivity contribution in [2.75, 3.05) is 13.2 Å². The maximum Gasteiger partial charge on any atom is 0.306 e. The van der Waals surface area contributed by atoms with E-state index in [9.17, 15) is 14.4 Å². The van der Waals surface area contributed by atoms with Crippen LogP contribution in [0.3, 0.4) is 0 Å². The third kappa shape index (κ3) is 56.7. The van der Waals surface area contributed by atoms with Gasteiger partial charge in [0, 0.05) is 19.3 Å². The Kier molecular flexibility index (Phi) is 56.7. The molecule has 6 heteroatoms. The monoisotopic (exact) mass is 971 g/mol. The zero-order valence-electron chi connectivity index (χ0n) is 46.6. The number of unbranched alkanes of at least 4 members (excludes halogenated alkanes) is 42. The van der Waals surface area contributed by atoms with Crippen molar-refractivity contribution >= 4 is 17.9 Å². The van der Waals surface area contributed by atoms with E-state index >= 15 is 0 Å². The molecule has 0 fully saturated rings. The molecule has 0 aromatic rings. The summed E-state index contributed by atoms with van der Waals surface area (Å²) in [5.41, 5.74) is 0. The Morgan fingerprint density at radius 2 is 0.522 bits per heavy atom. The van der Waals surface area contributed by atoms with Gasteiger partial charge in [0.05, 0.1) is 0 Å². The summed E-state index contributed by atoms with van der Waals surface area (Å²) in [6.07, 6.45) is 69.5. The SMILES string of the molecule is CCCCCCC/C=C\C/C=C\CCCCCCCCCCCCCCCCCCCCCCCC(=O)OCC(COC(=O)CCCCCCCCC)OC(=O)CCCCCCCCCCCCC. The molecule has 0 aromatic heterocycles. The van der Waals surface area contributed by atoms with Crippen molar-refractivity contribution in [3.8, 4) is 0 Å². The summed E-state index contributed by atoms with van der Waals surface area (Å²) < 4.78 is 16.8. The average molecular weight is 972 g/mol. The van der Waals surface area contributed by atoms with E-state index in [1.54, 1.807) is 0 Å². The molecule has 0 aliphatic heterocycles. The van der Waals surface area contributed by atoms with Gasteiger partial charge in [0.1, 0.15) is 13.2 Å². The van der Waals surface area contributed by atoms with Gasteiger partial charge in [0.2, 0.25) is 0 Å². The number of hydrogen-bond acceptors (Lipinski definition) is 6. The predicted octanol–water partition coefficient (Wildman–Crippen LogP) is 20.7. The minimum Gasteiger partial charge on any atom is -0.462 e. The molecule has 0 aliphatic rings. The van der Waals surface area contributed by atoms with Gasteiger partial charge in [-0.05, 0) is 51.4 Å². The Morgan fingerprint density at radius 1 is 0.290 bits per heavy atom. The average Bonchev–Trinajstić information content (AvgIpc) is 3.35. The predicted molar refractivity (Wildman–Crippen MR) is 298 cm³/mol. The second kappa shape index (κ2) is 58.5. The van der Waals surface area contributed by atoms with Crippen LogP contribution in [0.5, 0.6) is 0 Å². The first-order valence-corrected chi connectivity index (χ1v) is 30.8. The zero-order chi connectivity index (χ0) is 50.0. The second-order valence-electron chi connectivity index (χ2n) is 21.0. The van der Waals surface area contributed by atoms with Crippen LogP contribution < -0.4 is 0 Å². The van der Waals surface area contributed by atoms with Gasteiger partial charge in [-0.25, -0.2) is 0 Å². The van der Waals surface area contributed by atoms with E-state index in [-0.39, 0.29) is 31.1 Å². The quantitative estimate of drug-likeness (QED) is 0.0261. The molecule has 0 N–H and O–H groups in total. The van der Waals surface area contributed by atoms with Crippen LogP contribution in [0.1, 0.15) is 342 Å². The Bertz CT molecular complexity index is 1110. The highest BCUT2D eigenvalue weighted by molar-refractivity contribution is 5.71. The van der Waals surface area contributed by atoms with Gasteiger partial charge < -0.3 is 14.2 Å². The molecule has 0 saturated carbocycles. The Balaban J connectivity index is 3.88. The van der Waals surface area contributed by atoms with Crippen LogP contribution in [0.4, 0.5) is 0 Å². The lowest BCUT2D eigenvalue weighted by Crippen LogP contribution is -2.30. The summed E-state index contributed by atoms with van der Waals surface area (Å²) in [6, 6.07) is 0. The fourth-order valence-electron chi connectivity index (χ4n) is 9.30. The van der Waals surface area contributed by atoms with Crippen LogP contribution in [0.15, 0.2) is 24.3 Å². The van der Waals surface area contributed by atoms with Crippen molar-refractivity contribution in [2.45, 2.75) is 348 Å². The van der Waals surface area contributed by atoms with E-state index in [0.717, 1.165) is 64.2 Å². The molecule has 0 aliphatic carbocycles. The lowest BCUT2D eigenvalue weighted by molar-refractivity contribution is -0.167. The Hall–Kier alpha value is -2.11. The van der Waals surface area contributed by atoms with Crippen LogP contribution >= 0.6 is 0 Å². The van der Waals surface area contributed by atoms with Crippen LogP contribution in [-0.4, -0.2) is 37.2 Å². The van der Waals surface area contributed by atoms with E-state index in [0.29, 0.717) is 19.3 Å². The molecule has 0 saturated heterocycles. The number of carbonyl (C=O) groups is 3. The van der Waals surface area contributed by atoms with Gasteiger partial charge in [-0.2, -0.15) is 0 Å². The normalized spacial score (nSPS) is 12.1. The number of rotatable bonds is 57. The fraction of sp³-hybridized carbons (Fsp3) is 0.889. The maximum atomic E-state index is 12.7. The number of allylic oxidation sites excluding steroid dienone is 4. The summed E-state index contributed by atoms with van der Waals surface area (Å²) in [6.45, 7) is 6.62. The summed E-state index contributed by atoms with van der Waals surface area (Å²) in [5.74, 6) is -0.853. The van der Waals surface area contributed by atoms with E-state index in [1.807, 2.05) is 0 Å². The first-order valence-electron chi connectivity index (χ1n) is 30.8. The van der Waals surface area contributed by atoms with Crippen molar-refractivity contribution in [3.63, 3.8) is 0 Å². The van der Waals surface area contributed by atoms with Crippen molar-refractivity contribution in [2.24, 2.45) is 0 Å². The highest BCUT2D eigenvalue weighted by Gasteiger charge is 2.19. The Labute approximate surface area is 430 Å². The number of hydrogen-bond donors (Lipinski definition) is 0. The van der Waals surface area contributed by atoms with Gasteiger partial charge >= 0.3 is 17.9 Å². The molecule has 1 atom stereocenters. The van der Waals surface area contributed by atoms with Gasteiger partial charge in [-0.3, -0.25) is 14.4 Å². The molecule has 0 rings (SSSR count). The maximum absolute atomic E-state index is 12.7. The van der Waals surface area contributed by atoms with Gasteiger partial charge in [-0.1, -0.05) is 295 Å². The number of esters is 3. The van der Waals surface area contributed by atoms with E-state index in [2.05, 4.69) is 45.1 Å². The molecule has 0 heterocycles. The molecule has 0 aromatic carbocycles. The molecule has 1 unspecified atom stereocenters. The van der Waals surface area contributed by atoms with Crippen molar-refractivity contribution in [1.82, 2.24) is 0 Å². The van der Waals surface area contributed by atoms with Crippen molar-refractivity contribution < 1.29 is 28.6 Å². The lowest BCUT2D eigenvalue weighted by Gasteiger charge is -2.18. The summed E-state index contributed by atoms with van der Waals surface area (Å²) in [5, 5.41) is 0. The zero-order valence-corrected chi connectivity index (χ0v) is 46.6. The smallest absolute Gasteiger partial charge is 0.306 e. The molecular weight excluding hydrogens is 853 g/mol. The lowest BCUT2D eigenvalue weighted by atomic mass is 10.0. The molecule has 0 amide bonds.